The SMILES string of the molecule is Cc1ccc([C@H](C)NC(=O)c2ccc(CN3CCC[C@H](C)C3)cc2)cc1C. The van der Waals surface area contributed by atoms with Gasteiger partial charge in [0.25, 0.3) is 5.91 Å². The second kappa shape index (κ2) is 8.71. The monoisotopic (exact) mass is 364 g/mol. The van der Waals surface area contributed by atoms with Crippen molar-refractivity contribution >= 4 is 5.91 Å². The van der Waals surface area contributed by atoms with Gasteiger partial charge in [0.05, 0.1) is 6.04 Å². The molecule has 0 bridgehead atoms. The highest BCUT2D eigenvalue weighted by Crippen LogP contribution is 2.19. The van der Waals surface area contributed by atoms with E-state index in [-0.39, 0.29) is 11.9 Å². The van der Waals surface area contributed by atoms with Crippen LogP contribution in [0.2, 0.25) is 0 Å². The van der Waals surface area contributed by atoms with Crippen molar-refractivity contribution in [3.05, 3.63) is 70.3 Å². The summed E-state index contributed by atoms with van der Waals surface area (Å²) in [6.07, 6.45) is 2.63. The molecule has 1 amide bonds. The quantitative estimate of drug-likeness (QED) is 0.807. The van der Waals surface area contributed by atoms with Crippen LogP contribution in [-0.2, 0) is 6.54 Å². The van der Waals surface area contributed by atoms with E-state index in [1.807, 2.05) is 19.1 Å². The molecule has 3 nitrogen and oxygen atoms in total. The lowest BCUT2D eigenvalue weighted by Crippen LogP contribution is -2.33. The highest BCUT2D eigenvalue weighted by Gasteiger charge is 2.17. The molecule has 27 heavy (non-hydrogen) atoms. The largest absolute Gasteiger partial charge is 0.346 e. The number of amides is 1. The van der Waals surface area contributed by atoms with Crippen LogP contribution < -0.4 is 5.32 Å². The molecule has 3 heteroatoms. The van der Waals surface area contributed by atoms with E-state index in [0.717, 1.165) is 23.6 Å². The van der Waals surface area contributed by atoms with Crippen LogP contribution in [0.15, 0.2) is 42.5 Å². The molecule has 144 valence electrons. The second-order valence-corrected chi connectivity index (χ2v) is 8.22. The normalized spacial score (nSPS) is 18.9. The predicted octanol–water partition coefficient (Wildman–Crippen LogP) is 5.03. The molecule has 1 heterocycles. The average molecular weight is 365 g/mol. The lowest BCUT2D eigenvalue weighted by Gasteiger charge is -2.30. The average Bonchev–Trinajstić information content (AvgIpc) is 2.64. The topological polar surface area (TPSA) is 32.3 Å². The third kappa shape index (κ3) is 5.20. The second-order valence-electron chi connectivity index (χ2n) is 8.22. The fraction of sp³-hybridized carbons (Fsp3) is 0.458. The van der Waals surface area contributed by atoms with Gasteiger partial charge in [0.1, 0.15) is 0 Å². The van der Waals surface area contributed by atoms with Crippen LogP contribution in [0.25, 0.3) is 0 Å². The molecule has 0 unspecified atom stereocenters. The molecule has 1 aliphatic rings. The summed E-state index contributed by atoms with van der Waals surface area (Å²) in [5.74, 6) is 0.773. The first kappa shape index (κ1) is 19.6. The van der Waals surface area contributed by atoms with Gasteiger partial charge in [0, 0.05) is 18.7 Å². The molecule has 2 aromatic rings. The maximum Gasteiger partial charge on any atom is 0.251 e. The van der Waals surface area contributed by atoms with E-state index < -0.39 is 0 Å². The smallest absolute Gasteiger partial charge is 0.251 e. The summed E-state index contributed by atoms with van der Waals surface area (Å²) >= 11 is 0. The van der Waals surface area contributed by atoms with Gasteiger partial charge in [-0.3, -0.25) is 9.69 Å². The minimum absolute atomic E-state index is 0.00804. The third-order valence-electron chi connectivity index (χ3n) is 5.74. The number of nitrogens with zero attached hydrogens (tertiary/aromatic N) is 1. The number of hydrogen-bond acceptors (Lipinski definition) is 2. The van der Waals surface area contributed by atoms with Crippen LogP contribution in [0.1, 0.15) is 65.3 Å². The van der Waals surface area contributed by atoms with E-state index in [1.165, 1.54) is 42.6 Å². The Kier molecular flexibility index (Phi) is 6.33. The molecule has 0 spiro atoms. The Bertz CT molecular complexity index is 781. The van der Waals surface area contributed by atoms with Crippen LogP contribution in [0, 0.1) is 19.8 Å². The molecule has 0 saturated carbocycles. The number of aryl methyl sites for hydroxylation is 2. The Labute approximate surface area is 163 Å². The molecule has 1 fully saturated rings. The Morgan fingerprint density at radius 1 is 1.15 bits per heavy atom. The fourth-order valence-electron chi connectivity index (χ4n) is 3.85. The highest BCUT2D eigenvalue weighted by atomic mass is 16.1. The molecule has 0 radical (unpaired) electrons. The zero-order valence-electron chi connectivity index (χ0n) is 17.1. The number of carbonyl (C=O) groups excluding carboxylic acids is 1. The summed E-state index contributed by atoms with van der Waals surface area (Å²) in [4.78, 5) is 15.1. The molecule has 1 N–H and O–H groups in total. The number of piperidine rings is 1. The van der Waals surface area contributed by atoms with E-state index in [9.17, 15) is 4.79 Å². The Hall–Kier alpha value is -2.13. The minimum Gasteiger partial charge on any atom is -0.346 e. The first-order valence-corrected chi connectivity index (χ1v) is 10.1. The van der Waals surface area contributed by atoms with Crippen molar-refractivity contribution in [1.29, 1.82) is 0 Å². The van der Waals surface area contributed by atoms with Crippen LogP contribution in [-0.4, -0.2) is 23.9 Å². The first-order chi connectivity index (χ1) is 12.9. The lowest BCUT2D eigenvalue weighted by atomic mass is 9.99. The van der Waals surface area contributed by atoms with Gasteiger partial charge in [0.15, 0.2) is 0 Å². The summed E-state index contributed by atoms with van der Waals surface area (Å²) in [6.45, 7) is 11.9. The number of benzene rings is 2. The van der Waals surface area contributed by atoms with Crippen LogP contribution in [0.5, 0.6) is 0 Å². The Balaban J connectivity index is 1.59. The summed E-state index contributed by atoms with van der Waals surface area (Å²) in [7, 11) is 0. The number of carbonyl (C=O) groups is 1. The number of nitrogens with one attached hydrogen (secondary N) is 1. The van der Waals surface area contributed by atoms with E-state index in [2.05, 4.69) is 61.3 Å². The van der Waals surface area contributed by atoms with Crippen molar-refractivity contribution in [1.82, 2.24) is 10.2 Å². The summed E-state index contributed by atoms with van der Waals surface area (Å²) in [5, 5.41) is 3.12. The van der Waals surface area contributed by atoms with Crippen molar-refractivity contribution in [3.8, 4) is 0 Å². The fourth-order valence-corrected chi connectivity index (χ4v) is 3.85. The predicted molar refractivity (Wildman–Crippen MR) is 112 cm³/mol. The van der Waals surface area contributed by atoms with Gasteiger partial charge in [-0.25, -0.2) is 0 Å². The standard InChI is InChI=1S/C24H32N2O/c1-17-6-5-13-26(15-17)16-21-8-11-22(12-9-21)24(27)25-20(4)23-10-7-18(2)19(3)14-23/h7-12,14,17,20H,5-6,13,15-16H2,1-4H3,(H,25,27)/t17-,20-/m0/s1. The van der Waals surface area contributed by atoms with Crippen molar-refractivity contribution in [3.63, 3.8) is 0 Å². The lowest BCUT2D eigenvalue weighted by molar-refractivity contribution is 0.0940. The summed E-state index contributed by atoms with van der Waals surface area (Å²) in [6, 6.07) is 14.4. The zero-order chi connectivity index (χ0) is 19.4. The van der Waals surface area contributed by atoms with Gasteiger partial charge in [-0.15, -0.1) is 0 Å². The molecule has 0 aliphatic carbocycles. The van der Waals surface area contributed by atoms with Crippen molar-refractivity contribution in [2.24, 2.45) is 5.92 Å². The molecule has 2 atom stereocenters. The van der Waals surface area contributed by atoms with Crippen LogP contribution >= 0.6 is 0 Å². The van der Waals surface area contributed by atoms with E-state index in [1.54, 1.807) is 0 Å². The first-order valence-electron chi connectivity index (χ1n) is 10.1. The van der Waals surface area contributed by atoms with Crippen molar-refractivity contribution < 1.29 is 4.79 Å². The van der Waals surface area contributed by atoms with Gasteiger partial charge >= 0.3 is 0 Å². The van der Waals surface area contributed by atoms with Crippen molar-refractivity contribution in [2.45, 2.75) is 53.1 Å². The molecule has 1 saturated heterocycles. The van der Waals surface area contributed by atoms with Crippen LogP contribution in [0.3, 0.4) is 0 Å². The summed E-state index contributed by atoms with van der Waals surface area (Å²) < 4.78 is 0. The Morgan fingerprint density at radius 2 is 1.89 bits per heavy atom. The number of rotatable bonds is 5. The molecule has 3 rings (SSSR count). The summed E-state index contributed by atoms with van der Waals surface area (Å²) in [5.41, 5.74) is 5.67. The molecule has 2 aromatic carbocycles. The minimum atomic E-state index is -0.0149. The molecular weight excluding hydrogens is 332 g/mol. The van der Waals surface area contributed by atoms with Gasteiger partial charge in [-0.2, -0.15) is 0 Å². The van der Waals surface area contributed by atoms with Gasteiger partial charge in [0.2, 0.25) is 0 Å². The number of hydrogen-bond donors (Lipinski definition) is 1. The zero-order valence-corrected chi connectivity index (χ0v) is 17.1. The van der Waals surface area contributed by atoms with Gasteiger partial charge in [-0.1, -0.05) is 37.3 Å². The van der Waals surface area contributed by atoms with Crippen LogP contribution in [0.4, 0.5) is 0 Å². The maximum absolute atomic E-state index is 12.6. The molecule has 0 aromatic heterocycles. The maximum atomic E-state index is 12.6. The van der Waals surface area contributed by atoms with Crippen molar-refractivity contribution in [2.75, 3.05) is 13.1 Å². The van der Waals surface area contributed by atoms with Gasteiger partial charge < -0.3 is 5.32 Å². The third-order valence-corrected chi connectivity index (χ3v) is 5.74. The number of likely N-dealkylation sites (tertiary alicyclic amines) is 1. The van der Waals surface area contributed by atoms with E-state index in [4.69, 9.17) is 0 Å². The van der Waals surface area contributed by atoms with Gasteiger partial charge in [-0.05, 0) is 80.5 Å². The van der Waals surface area contributed by atoms with E-state index in [0.29, 0.717) is 0 Å². The molecule has 1 aliphatic heterocycles. The highest BCUT2D eigenvalue weighted by molar-refractivity contribution is 5.94. The molecular formula is C24H32N2O. The Morgan fingerprint density at radius 3 is 2.56 bits per heavy atom. The van der Waals surface area contributed by atoms with E-state index >= 15 is 0 Å².